The molecule has 1 aliphatic heterocycles. The smallest absolute Gasteiger partial charge is 0.263 e. The van der Waals surface area contributed by atoms with Crippen LogP contribution in [0, 0.1) is 6.92 Å². The van der Waals surface area contributed by atoms with Crippen LogP contribution in [0.4, 0.5) is 20.3 Å². The number of nitrogens with one attached hydrogen (secondary N) is 1. The van der Waals surface area contributed by atoms with Gasteiger partial charge >= 0.3 is 0 Å². The van der Waals surface area contributed by atoms with E-state index >= 15 is 0 Å². The van der Waals surface area contributed by atoms with E-state index < -0.39 is 12.0 Å². The zero-order valence-electron chi connectivity index (χ0n) is 15.7. The molecule has 28 heavy (non-hydrogen) atoms. The third kappa shape index (κ3) is 3.60. The molecule has 0 atom stereocenters. The number of pyridine rings is 1. The second-order valence-corrected chi connectivity index (χ2v) is 7.48. The molecule has 0 unspecified atom stereocenters. The Morgan fingerprint density at radius 1 is 1.25 bits per heavy atom. The summed E-state index contributed by atoms with van der Waals surface area (Å²) in [7, 11) is 0. The molecule has 0 saturated carbocycles. The number of aliphatic hydroxyl groups is 1. The molecule has 0 bridgehead atoms. The van der Waals surface area contributed by atoms with Crippen molar-refractivity contribution in [2.24, 2.45) is 0 Å². The number of halogens is 2. The Bertz CT molecular complexity index is 1020. The molecular formula is C20H21F2N5O. The largest absolute Gasteiger partial charge is 0.386 e. The fourth-order valence-corrected chi connectivity index (χ4v) is 3.44. The third-order valence-electron chi connectivity index (χ3n) is 4.86. The van der Waals surface area contributed by atoms with Crippen LogP contribution in [-0.2, 0) is 6.54 Å². The molecule has 0 spiro atoms. The van der Waals surface area contributed by atoms with E-state index in [0.717, 1.165) is 22.2 Å². The van der Waals surface area contributed by atoms with Gasteiger partial charge in [-0.1, -0.05) is 18.2 Å². The molecule has 0 amide bonds. The highest BCUT2D eigenvalue weighted by Crippen LogP contribution is 2.31. The van der Waals surface area contributed by atoms with Gasteiger partial charge in [-0.25, -0.2) is 8.78 Å². The molecule has 3 heterocycles. The molecule has 3 aromatic rings. The van der Waals surface area contributed by atoms with Crippen LogP contribution in [0.25, 0.3) is 10.9 Å². The molecule has 8 heteroatoms. The molecular weight excluding hydrogens is 364 g/mol. The quantitative estimate of drug-likeness (QED) is 0.701. The van der Waals surface area contributed by atoms with E-state index in [-0.39, 0.29) is 5.56 Å². The Morgan fingerprint density at radius 2 is 2.04 bits per heavy atom. The first-order chi connectivity index (χ1) is 13.3. The average molecular weight is 385 g/mol. The van der Waals surface area contributed by atoms with E-state index in [1.54, 1.807) is 25.3 Å². The first-order valence-electron chi connectivity index (χ1n) is 9.04. The lowest BCUT2D eigenvalue weighted by molar-refractivity contribution is 0.0310. The van der Waals surface area contributed by atoms with Crippen molar-refractivity contribution in [1.82, 2.24) is 15.2 Å². The van der Waals surface area contributed by atoms with Gasteiger partial charge in [0.05, 0.1) is 28.7 Å². The van der Waals surface area contributed by atoms with E-state index in [0.29, 0.717) is 31.1 Å². The highest BCUT2D eigenvalue weighted by Gasteiger charge is 2.36. The van der Waals surface area contributed by atoms with Gasteiger partial charge in [-0.2, -0.15) is 5.10 Å². The van der Waals surface area contributed by atoms with E-state index in [4.69, 9.17) is 0 Å². The van der Waals surface area contributed by atoms with Crippen LogP contribution in [0.3, 0.4) is 0 Å². The van der Waals surface area contributed by atoms with Crippen molar-refractivity contribution in [1.29, 1.82) is 0 Å². The zero-order chi connectivity index (χ0) is 19.9. The second-order valence-electron chi connectivity index (χ2n) is 7.48. The fourth-order valence-electron chi connectivity index (χ4n) is 3.44. The number of alkyl halides is 2. The van der Waals surface area contributed by atoms with Gasteiger partial charge in [0.25, 0.3) is 6.43 Å². The molecule has 146 valence electrons. The summed E-state index contributed by atoms with van der Waals surface area (Å²) in [6.45, 7) is 5.07. The Hall–Kier alpha value is -2.87. The van der Waals surface area contributed by atoms with Crippen molar-refractivity contribution in [2.45, 2.75) is 32.4 Å². The van der Waals surface area contributed by atoms with Crippen LogP contribution in [0.15, 0.2) is 36.5 Å². The number of rotatable bonds is 5. The second kappa shape index (κ2) is 6.94. The van der Waals surface area contributed by atoms with Crippen LogP contribution >= 0.6 is 0 Å². The van der Waals surface area contributed by atoms with Gasteiger partial charge in [-0.05, 0) is 31.5 Å². The highest BCUT2D eigenvalue weighted by atomic mass is 19.3. The molecule has 0 aliphatic carbocycles. The lowest BCUT2D eigenvalue weighted by Gasteiger charge is -2.45. The van der Waals surface area contributed by atoms with Crippen LogP contribution in [0.2, 0.25) is 0 Å². The Balaban J connectivity index is 1.61. The minimum Gasteiger partial charge on any atom is -0.386 e. The molecule has 1 fully saturated rings. The van der Waals surface area contributed by atoms with Crippen LogP contribution in [-0.4, -0.2) is 39.0 Å². The van der Waals surface area contributed by atoms with E-state index in [2.05, 4.69) is 20.5 Å². The number of hydrogen-bond donors (Lipinski definition) is 2. The number of fused-ring (bicyclic) bond motifs is 1. The van der Waals surface area contributed by atoms with Crippen LogP contribution in [0.5, 0.6) is 0 Å². The van der Waals surface area contributed by atoms with Crippen molar-refractivity contribution in [3.05, 3.63) is 53.3 Å². The van der Waals surface area contributed by atoms with Gasteiger partial charge in [0.2, 0.25) is 0 Å². The van der Waals surface area contributed by atoms with Crippen LogP contribution in [0.1, 0.15) is 30.2 Å². The highest BCUT2D eigenvalue weighted by molar-refractivity contribution is 5.92. The normalized spacial score (nSPS) is 15.7. The number of nitrogens with zero attached hydrogens (tertiary/aromatic N) is 4. The number of aryl methyl sites for hydroxylation is 1. The summed E-state index contributed by atoms with van der Waals surface area (Å²) in [5, 5.41) is 22.4. The van der Waals surface area contributed by atoms with Crippen molar-refractivity contribution in [3.63, 3.8) is 0 Å². The van der Waals surface area contributed by atoms with Crippen LogP contribution < -0.4 is 10.2 Å². The van der Waals surface area contributed by atoms with E-state index in [9.17, 15) is 13.9 Å². The number of β-amino-alcohol motifs (C(OH)–C–C–N with tert-alkyl or cyclic N) is 1. The molecule has 2 N–H and O–H groups in total. The number of anilines is 2. The van der Waals surface area contributed by atoms with Gasteiger partial charge in [-0.3, -0.25) is 4.98 Å². The number of aromatic nitrogens is 3. The third-order valence-corrected chi connectivity index (χ3v) is 4.86. The molecule has 2 aromatic heterocycles. The minimum absolute atomic E-state index is 0.00654. The van der Waals surface area contributed by atoms with Gasteiger partial charge in [0.15, 0.2) is 5.82 Å². The SMILES string of the molecule is Cc1nnc(NCc2cccc(C(F)F)c2)c2cc(N3CC(C)(O)C3)cnc12. The maximum atomic E-state index is 12.9. The fraction of sp³-hybridized carbons (Fsp3) is 0.350. The van der Waals surface area contributed by atoms with E-state index in [1.165, 1.54) is 12.1 Å². The van der Waals surface area contributed by atoms with Gasteiger partial charge < -0.3 is 15.3 Å². The summed E-state index contributed by atoms with van der Waals surface area (Å²) in [4.78, 5) is 6.56. The lowest BCUT2D eigenvalue weighted by atomic mass is 9.96. The summed E-state index contributed by atoms with van der Waals surface area (Å²) in [6.07, 6.45) is -0.734. The number of benzene rings is 1. The zero-order valence-corrected chi connectivity index (χ0v) is 15.7. The summed E-state index contributed by atoms with van der Waals surface area (Å²) in [6, 6.07) is 8.26. The number of hydrogen-bond acceptors (Lipinski definition) is 6. The predicted molar refractivity (Wildman–Crippen MR) is 104 cm³/mol. The summed E-state index contributed by atoms with van der Waals surface area (Å²) in [5.74, 6) is 0.546. The maximum absolute atomic E-state index is 12.9. The lowest BCUT2D eigenvalue weighted by Crippen LogP contribution is -2.60. The Kier molecular flexibility index (Phi) is 4.58. The van der Waals surface area contributed by atoms with Gasteiger partial charge in [0, 0.05) is 30.6 Å². The Morgan fingerprint density at radius 3 is 2.75 bits per heavy atom. The standard InChI is InChI=1S/C20H21F2N5O/c1-12-17-16(7-15(9-23-17)27-10-20(2,28)11-27)19(26-25-12)24-8-13-4-3-5-14(6-13)18(21)22/h3-7,9,18,28H,8,10-11H2,1-2H3,(H,24,26). The van der Waals surface area contributed by atoms with Crippen molar-refractivity contribution in [3.8, 4) is 0 Å². The molecule has 1 aliphatic rings. The molecule has 1 saturated heterocycles. The molecule has 4 rings (SSSR count). The minimum atomic E-state index is -2.50. The van der Waals surface area contributed by atoms with E-state index in [1.807, 2.05) is 17.9 Å². The van der Waals surface area contributed by atoms with Gasteiger partial charge in [-0.15, -0.1) is 5.10 Å². The first-order valence-corrected chi connectivity index (χ1v) is 9.04. The molecule has 6 nitrogen and oxygen atoms in total. The topological polar surface area (TPSA) is 74.2 Å². The summed E-state index contributed by atoms with van der Waals surface area (Å²) >= 11 is 0. The predicted octanol–water partition coefficient (Wildman–Crippen LogP) is 3.45. The van der Waals surface area contributed by atoms with Gasteiger partial charge in [0.1, 0.15) is 0 Å². The summed E-state index contributed by atoms with van der Waals surface area (Å²) in [5.41, 5.74) is 2.38. The van der Waals surface area contributed by atoms with Crippen molar-refractivity contribution in [2.75, 3.05) is 23.3 Å². The summed E-state index contributed by atoms with van der Waals surface area (Å²) < 4.78 is 25.8. The monoisotopic (exact) mass is 385 g/mol. The Labute approximate surface area is 161 Å². The maximum Gasteiger partial charge on any atom is 0.263 e. The van der Waals surface area contributed by atoms with Crippen molar-refractivity contribution < 1.29 is 13.9 Å². The molecule has 1 aromatic carbocycles. The first kappa shape index (κ1) is 18.5. The van der Waals surface area contributed by atoms with Crippen molar-refractivity contribution >= 4 is 22.4 Å². The average Bonchev–Trinajstić information content (AvgIpc) is 2.65. The molecule has 0 radical (unpaired) electrons.